The van der Waals surface area contributed by atoms with E-state index in [-0.39, 0.29) is 5.41 Å². The largest absolute Gasteiger partial charge is 0.508 e. The summed E-state index contributed by atoms with van der Waals surface area (Å²) in [6.45, 7) is 9.49. The van der Waals surface area contributed by atoms with Crippen LogP contribution in [0.2, 0.25) is 0 Å². The lowest BCUT2D eigenvalue weighted by molar-refractivity contribution is 0.299. The molecule has 3 rings (SSSR count). The van der Waals surface area contributed by atoms with Gasteiger partial charge >= 0.3 is 0 Å². The fraction of sp³-hybridized carbons (Fsp3) is 0.455. The molecule has 0 saturated heterocycles. The van der Waals surface area contributed by atoms with E-state index in [9.17, 15) is 5.11 Å². The average molecular weight is 326 g/mol. The summed E-state index contributed by atoms with van der Waals surface area (Å²) in [5.74, 6) is 2.03. The van der Waals surface area contributed by atoms with Gasteiger partial charge in [0.1, 0.15) is 11.5 Å². The van der Waals surface area contributed by atoms with Crippen LogP contribution in [0, 0.1) is 5.92 Å². The average Bonchev–Trinajstić information content (AvgIpc) is 3.39. The van der Waals surface area contributed by atoms with Crippen LogP contribution in [0.15, 0.2) is 48.5 Å². The number of phenolic OH excluding ortho intramolecular Hbond substituents is 1. The van der Waals surface area contributed by atoms with Crippen molar-refractivity contribution in [2.75, 3.05) is 6.61 Å². The molecule has 0 unspecified atom stereocenters. The van der Waals surface area contributed by atoms with Crippen molar-refractivity contribution in [1.82, 2.24) is 0 Å². The van der Waals surface area contributed by atoms with Crippen LogP contribution in [0.3, 0.4) is 0 Å². The van der Waals surface area contributed by atoms with Gasteiger partial charge in [-0.2, -0.15) is 0 Å². The van der Waals surface area contributed by atoms with Crippen LogP contribution in [0.1, 0.15) is 58.1 Å². The number of hydrogen-bond donors (Lipinski definition) is 1. The molecule has 0 atom stereocenters. The van der Waals surface area contributed by atoms with Gasteiger partial charge in [0.25, 0.3) is 0 Å². The lowest BCUT2D eigenvalue weighted by Crippen LogP contribution is -2.18. The molecule has 0 radical (unpaired) electrons. The molecule has 1 aliphatic rings. The molecule has 0 amide bonds. The highest BCUT2D eigenvalue weighted by atomic mass is 16.5. The van der Waals surface area contributed by atoms with E-state index >= 15 is 0 Å². The van der Waals surface area contributed by atoms with Crippen molar-refractivity contribution >= 4 is 0 Å². The standard InChI is InChI=1S/C19H22O2.C3H8/c1-19(2,15-5-9-17(20)10-6-15)16-7-11-18(12-8-16)21-13-14-3-4-14;1-3-2/h5-12,14,20H,3-4,13H2,1-2H3;3H2,1-2H3. The van der Waals surface area contributed by atoms with E-state index in [1.165, 1.54) is 30.4 Å². The third-order valence-electron chi connectivity index (χ3n) is 4.35. The molecule has 130 valence electrons. The first-order chi connectivity index (χ1) is 11.5. The molecule has 0 spiro atoms. The van der Waals surface area contributed by atoms with Gasteiger partial charge in [-0.3, -0.25) is 0 Å². The number of aromatic hydroxyl groups is 1. The monoisotopic (exact) mass is 326 g/mol. The second-order valence-electron chi connectivity index (χ2n) is 7.16. The molecule has 2 aromatic carbocycles. The molecule has 0 aromatic heterocycles. The quantitative estimate of drug-likeness (QED) is 0.738. The fourth-order valence-electron chi connectivity index (χ4n) is 2.51. The Morgan fingerprint density at radius 2 is 1.38 bits per heavy atom. The highest BCUT2D eigenvalue weighted by Crippen LogP contribution is 2.34. The Balaban J connectivity index is 0.000000647. The van der Waals surface area contributed by atoms with Gasteiger partial charge in [-0.1, -0.05) is 58.4 Å². The van der Waals surface area contributed by atoms with Gasteiger partial charge in [-0.25, -0.2) is 0 Å². The van der Waals surface area contributed by atoms with E-state index in [0.717, 1.165) is 18.3 Å². The van der Waals surface area contributed by atoms with Crippen LogP contribution in [0.25, 0.3) is 0 Å². The smallest absolute Gasteiger partial charge is 0.119 e. The maximum Gasteiger partial charge on any atom is 0.119 e. The minimum absolute atomic E-state index is 0.0945. The molecule has 24 heavy (non-hydrogen) atoms. The minimum atomic E-state index is -0.0945. The maximum atomic E-state index is 9.42. The number of phenols is 1. The number of hydrogen-bond acceptors (Lipinski definition) is 2. The van der Waals surface area contributed by atoms with Crippen LogP contribution in [-0.2, 0) is 5.41 Å². The summed E-state index contributed by atoms with van der Waals surface area (Å²) in [6.07, 6.45) is 3.87. The first kappa shape index (κ1) is 18.4. The Bertz CT molecular complexity index is 607. The van der Waals surface area contributed by atoms with Gasteiger partial charge in [0.15, 0.2) is 0 Å². The molecule has 0 heterocycles. The normalized spacial score (nSPS) is 13.8. The zero-order chi connectivity index (χ0) is 17.6. The third-order valence-corrected chi connectivity index (χ3v) is 4.35. The zero-order valence-corrected chi connectivity index (χ0v) is 15.4. The molecule has 1 saturated carbocycles. The van der Waals surface area contributed by atoms with Crippen LogP contribution < -0.4 is 4.74 Å². The second-order valence-corrected chi connectivity index (χ2v) is 7.16. The molecule has 1 fully saturated rings. The Hall–Kier alpha value is -1.96. The minimum Gasteiger partial charge on any atom is -0.508 e. The first-order valence-electron chi connectivity index (χ1n) is 9.00. The van der Waals surface area contributed by atoms with E-state index in [1.807, 2.05) is 12.1 Å². The van der Waals surface area contributed by atoms with Gasteiger partial charge in [0.2, 0.25) is 0 Å². The number of ether oxygens (including phenoxy) is 1. The Labute approximate surface area is 146 Å². The molecule has 2 aromatic rings. The molecule has 1 aliphatic carbocycles. The highest BCUT2D eigenvalue weighted by Gasteiger charge is 2.24. The molecular weight excluding hydrogens is 296 g/mol. The Morgan fingerprint density at radius 3 is 1.83 bits per heavy atom. The van der Waals surface area contributed by atoms with Crippen molar-refractivity contribution in [2.45, 2.75) is 52.4 Å². The molecule has 0 aliphatic heterocycles. The van der Waals surface area contributed by atoms with Gasteiger partial charge in [0, 0.05) is 5.41 Å². The zero-order valence-electron chi connectivity index (χ0n) is 15.4. The number of rotatable bonds is 5. The molecule has 2 nitrogen and oxygen atoms in total. The lowest BCUT2D eigenvalue weighted by atomic mass is 9.78. The summed E-state index contributed by atoms with van der Waals surface area (Å²) in [7, 11) is 0. The molecular formula is C22H30O2. The summed E-state index contributed by atoms with van der Waals surface area (Å²) in [6, 6.07) is 15.8. The maximum absolute atomic E-state index is 9.42. The topological polar surface area (TPSA) is 29.5 Å². The van der Waals surface area contributed by atoms with Gasteiger partial charge in [-0.05, 0) is 54.2 Å². The summed E-state index contributed by atoms with van der Waals surface area (Å²) < 4.78 is 5.79. The second kappa shape index (κ2) is 8.23. The van der Waals surface area contributed by atoms with Crippen molar-refractivity contribution in [3.05, 3.63) is 59.7 Å². The van der Waals surface area contributed by atoms with Crippen molar-refractivity contribution in [3.63, 3.8) is 0 Å². The summed E-state index contributed by atoms with van der Waals surface area (Å²) in [5, 5.41) is 9.42. The number of benzene rings is 2. The van der Waals surface area contributed by atoms with E-state index in [2.05, 4.69) is 52.0 Å². The fourth-order valence-corrected chi connectivity index (χ4v) is 2.51. The molecule has 1 N–H and O–H groups in total. The van der Waals surface area contributed by atoms with Gasteiger partial charge in [-0.15, -0.1) is 0 Å². The van der Waals surface area contributed by atoms with Crippen LogP contribution >= 0.6 is 0 Å². The highest BCUT2D eigenvalue weighted by molar-refractivity contribution is 5.41. The summed E-state index contributed by atoms with van der Waals surface area (Å²) >= 11 is 0. The first-order valence-corrected chi connectivity index (χ1v) is 9.00. The van der Waals surface area contributed by atoms with Crippen LogP contribution in [0.5, 0.6) is 11.5 Å². The molecule has 2 heteroatoms. The predicted octanol–water partition coefficient (Wildman–Crippen LogP) is 5.92. The summed E-state index contributed by atoms with van der Waals surface area (Å²) in [5.41, 5.74) is 2.34. The van der Waals surface area contributed by atoms with Crippen molar-refractivity contribution in [3.8, 4) is 11.5 Å². The third kappa shape index (κ3) is 5.02. The van der Waals surface area contributed by atoms with E-state index in [0.29, 0.717) is 5.75 Å². The Morgan fingerprint density at radius 1 is 0.917 bits per heavy atom. The van der Waals surface area contributed by atoms with Gasteiger partial charge in [0.05, 0.1) is 6.61 Å². The predicted molar refractivity (Wildman–Crippen MR) is 101 cm³/mol. The van der Waals surface area contributed by atoms with Gasteiger partial charge < -0.3 is 9.84 Å². The van der Waals surface area contributed by atoms with E-state index in [1.54, 1.807) is 12.1 Å². The van der Waals surface area contributed by atoms with Crippen LogP contribution in [-0.4, -0.2) is 11.7 Å². The SMILES string of the molecule is CC(C)(c1ccc(O)cc1)c1ccc(OCC2CC2)cc1.CCC. The van der Waals surface area contributed by atoms with Crippen LogP contribution in [0.4, 0.5) is 0 Å². The summed E-state index contributed by atoms with van der Waals surface area (Å²) in [4.78, 5) is 0. The van der Waals surface area contributed by atoms with Crippen molar-refractivity contribution in [1.29, 1.82) is 0 Å². The lowest BCUT2D eigenvalue weighted by Gasteiger charge is -2.26. The van der Waals surface area contributed by atoms with E-state index < -0.39 is 0 Å². The van der Waals surface area contributed by atoms with Crippen molar-refractivity contribution in [2.24, 2.45) is 5.92 Å². The van der Waals surface area contributed by atoms with Crippen molar-refractivity contribution < 1.29 is 9.84 Å². The molecule has 0 bridgehead atoms. The van der Waals surface area contributed by atoms with E-state index in [4.69, 9.17) is 4.74 Å². The Kier molecular flexibility index (Phi) is 6.30.